The van der Waals surface area contributed by atoms with E-state index in [0.717, 1.165) is 35.6 Å². The minimum absolute atomic E-state index is 0.0955. The van der Waals surface area contributed by atoms with E-state index in [9.17, 15) is 24.0 Å². The summed E-state index contributed by atoms with van der Waals surface area (Å²) >= 11 is 0. The van der Waals surface area contributed by atoms with Crippen LogP contribution in [0.15, 0.2) is 60.9 Å². The predicted molar refractivity (Wildman–Crippen MR) is 199 cm³/mol. The van der Waals surface area contributed by atoms with Crippen molar-refractivity contribution in [2.75, 3.05) is 40.3 Å². The number of nitrogens with one attached hydrogen (secondary N) is 2. The molecule has 5 amide bonds. The fourth-order valence-electron chi connectivity index (χ4n) is 7.01. The molecule has 1 saturated heterocycles. The minimum atomic E-state index is -1.06. The molecule has 2 bridgehead atoms. The Morgan fingerprint density at radius 2 is 1.60 bits per heavy atom. The minimum Gasteiger partial charge on any atom is -0.490 e. The van der Waals surface area contributed by atoms with Crippen LogP contribution in [0.4, 0.5) is 0 Å². The average Bonchev–Trinajstić information content (AvgIpc) is 3.54. The summed E-state index contributed by atoms with van der Waals surface area (Å²) in [6, 6.07) is 13.7. The van der Waals surface area contributed by atoms with E-state index in [-0.39, 0.29) is 74.3 Å². The fourth-order valence-corrected chi connectivity index (χ4v) is 7.01. The molecular formula is C40H52N6O6. The smallest absolute Gasteiger partial charge is 0.255 e. The lowest BCUT2D eigenvalue weighted by molar-refractivity contribution is -0.142. The molecule has 12 nitrogen and oxygen atoms in total. The highest BCUT2D eigenvalue weighted by atomic mass is 16.5. The van der Waals surface area contributed by atoms with Gasteiger partial charge >= 0.3 is 0 Å². The van der Waals surface area contributed by atoms with Gasteiger partial charge in [0.1, 0.15) is 18.4 Å². The van der Waals surface area contributed by atoms with E-state index in [1.165, 1.54) is 48.5 Å². The Hall–Kier alpha value is -5.00. The van der Waals surface area contributed by atoms with Crippen molar-refractivity contribution in [3.8, 4) is 5.75 Å². The predicted octanol–water partition coefficient (Wildman–Crippen LogP) is 4.11. The van der Waals surface area contributed by atoms with Gasteiger partial charge in [-0.1, -0.05) is 87.9 Å². The van der Waals surface area contributed by atoms with E-state index in [1.807, 2.05) is 42.5 Å². The molecule has 5 rings (SSSR count). The van der Waals surface area contributed by atoms with Gasteiger partial charge in [0.25, 0.3) is 5.91 Å². The van der Waals surface area contributed by atoms with Gasteiger partial charge in [-0.15, -0.1) is 0 Å². The summed E-state index contributed by atoms with van der Waals surface area (Å²) < 4.78 is 6.08. The second-order valence-electron chi connectivity index (χ2n) is 14.2. The van der Waals surface area contributed by atoms with Crippen molar-refractivity contribution in [1.29, 1.82) is 0 Å². The molecule has 0 saturated carbocycles. The first-order chi connectivity index (χ1) is 25.1. The van der Waals surface area contributed by atoms with E-state index in [0.29, 0.717) is 18.6 Å². The molecule has 3 aromatic rings. The van der Waals surface area contributed by atoms with E-state index >= 15 is 0 Å². The lowest BCUT2D eigenvalue weighted by atomic mass is 10.0. The maximum atomic E-state index is 13.8. The summed E-state index contributed by atoms with van der Waals surface area (Å²) in [7, 11) is 3.08. The lowest BCUT2D eigenvalue weighted by Crippen LogP contribution is -2.55. The SMILES string of the molecule is CCCCCCCCCC(=O)N[C@H]1CN(C)C(=O)c2cncc(c2)OC[C@@H]2C[C@H](NC(=O)Cc3ccc4ccccc4c3)CN2C(=O)CN(C)C1=O. The average molecular weight is 713 g/mol. The molecule has 52 heavy (non-hydrogen) atoms. The van der Waals surface area contributed by atoms with Crippen LogP contribution in [0.1, 0.15) is 80.6 Å². The van der Waals surface area contributed by atoms with Crippen LogP contribution in [0, 0.1) is 0 Å². The summed E-state index contributed by atoms with van der Waals surface area (Å²) in [4.78, 5) is 75.9. The summed E-state index contributed by atoms with van der Waals surface area (Å²) in [5.41, 5.74) is 1.15. The first-order valence-corrected chi connectivity index (χ1v) is 18.6. The number of nitrogens with zero attached hydrogens (tertiary/aromatic N) is 4. The van der Waals surface area contributed by atoms with Crippen molar-refractivity contribution in [2.45, 2.75) is 89.3 Å². The highest BCUT2D eigenvalue weighted by Crippen LogP contribution is 2.23. The Bertz CT molecular complexity index is 1730. The quantitative estimate of drug-likeness (QED) is 0.270. The molecule has 278 valence electrons. The van der Waals surface area contributed by atoms with Crippen LogP contribution in [-0.2, 0) is 25.6 Å². The van der Waals surface area contributed by atoms with Crippen molar-refractivity contribution < 1.29 is 28.7 Å². The molecule has 3 atom stereocenters. The molecule has 1 aromatic heterocycles. The first-order valence-electron chi connectivity index (χ1n) is 18.6. The Balaban J connectivity index is 1.27. The van der Waals surface area contributed by atoms with Gasteiger partial charge in [0.2, 0.25) is 23.6 Å². The third-order valence-electron chi connectivity index (χ3n) is 9.87. The first kappa shape index (κ1) is 38.2. The second kappa shape index (κ2) is 18.5. The zero-order chi connectivity index (χ0) is 37.0. The number of unbranched alkanes of at least 4 members (excludes halogenated alkanes) is 6. The van der Waals surface area contributed by atoms with Crippen molar-refractivity contribution in [3.05, 3.63) is 72.1 Å². The highest BCUT2D eigenvalue weighted by Gasteiger charge is 2.38. The Kier molecular flexibility index (Phi) is 13.6. The molecular weight excluding hydrogens is 660 g/mol. The third-order valence-corrected chi connectivity index (χ3v) is 9.87. The van der Waals surface area contributed by atoms with Crippen LogP contribution < -0.4 is 15.4 Å². The fraction of sp³-hybridized carbons (Fsp3) is 0.500. The van der Waals surface area contributed by atoms with Gasteiger partial charge in [0.15, 0.2) is 0 Å². The number of likely N-dealkylation sites (N-methyl/N-ethyl adjacent to an activating group) is 2. The van der Waals surface area contributed by atoms with E-state index in [4.69, 9.17) is 4.74 Å². The van der Waals surface area contributed by atoms with Gasteiger partial charge in [0, 0.05) is 45.8 Å². The maximum absolute atomic E-state index is 13.8. The summed E-state index contributed by atoms with van der Waals surface area (Å²) in [6.07, 6.45) is 11.2. The molecule has 0 radical (unpaired) electrons. The van der Waals surface area contributed by atoms with Crippen molar-refractivity contribution >= 4 is 40.3 Å². The summed E-state index contributed by atoms with van der Waals surface area (Å²) in [5, 5.41) is 8.10. The number of aromatic nitrogens is 1. The van der Waals surface area contributed by atoms with Crippen LogP contribution in [0.2, 0.25) is 0 Å². The molecule has 0 spiro atoms. The van der Waals surface area contributed by atoms with E-state index in [2.05, 4.69) is 22.5 Å². The number of hydrogen-bond donors (Lipinski definition) is 2. The topological polar surface area (TPSA) is 141 Å². The Morgan fingerprint density at radius 3 is 2.38 bits per heavy atom. The number of pyridine rings is 1. The van der Waals surface area contributed by atoms with Crippen molar-refractivity contribution in [2.24, 2.45) is 0 Å². The van der Waals surface area contributed by atoms with Crippen LogP contribution in [0.25, 0.3) is 10.8 Å². The zero-order valence-electron chi connectivity index (χ0n) is 30.6. The number of benzene rings is 2. The van der Waals surface area contributed by atoms with Gasteiger partial charge in [-0.3, -0.25) is 29.0 Å². The molecule has 1 fully saturated rings. The summed E-state index contributed by atoms with van der Waals surface area (Å²) in [5.74, 6) is -1.24. The largest absolute Gasteiger partial charge is 0.490 e. The van der Waals surface area contributed by atoms with Crippen LogP contribution >= 0.6 is 0 Å². The number of rotatable bonds is 12. The molecule has 2 aliphatic heterocycles. The monoisotopic (exact) mass is 712 g/mol. The molecule has 0 unspecified atom stereocenters. The second-order valence-corrected chi connectivity index (χ2v) is 14.2. The number of carbonyl (C=O) groups is 5. The van der Waals surface area contributed by atoms with Gasteiger partial charge in [-0.25, -0.2) is 0 Å². The van der Waals surface area contributed by atoms with Gasteiger partial charge < -0.3 is 30.1 Å². The number of hydrogen-bond acceptors (Lipinski definition) is 7. The number of carbonyl (C=O) groups excluding carboxylic acids is 5. The molecule has 2 aromatic carbocycles. The maximum Gasteiger partial charge on any atom is 0.255 e. The highest BCUT2D eigenvalue weighted by molar-refractivity contribution is 5.95. The molecule has 2 N–H and O–H groups in total. The lowest BCUT2D eigenvalue weighted by Gasteiger charge is -2.30. The van der Waals surface area contributed by atoms with E-state index < -0.39 is 18.0 Å². The summed E-state index contributed by atoms with van der Waals surface area (Å²) in [6.45, 7) is 2.18. The van der Waals surface area contributed by atoms with E-state index in [1.54, 1.807) is 18.0 Å². The standard InChI is InChI=1S/C40H52N6O6/c1-4-5-6-7-8-9-10-15-36(47)43-35-25-44(2)39(50)31-20-34(23-41-22-31)52-27-33-21-32(24-46(33)38(49)26-45(3)40(35)51)42-37(48)19-28-16-17-29-13-11-12-14-30(29)18-28/h11-14,16-18,20,22-23,32-33,35H,4-10,15,19,21,24-27H2,1-3H3,(H,42,48)(H,43,47)/t32-,33-,35-/m0/s1. The normalized spacial score (nSPS) is 19.9. The van der Waals surface area contributed by atoms with Crippen LogP contribution in [0.5, 0.6) is 5.75 Å². The van der Waals surface area contributed by atoms with Crippen molar-refractivity contribution in [3.63, 3.8) is 0 Å². The molecule has 3 heterocycles. The number of ether oxygens (including phenoxy) is 1. The third kappa shape index (κ3) is 10.5. The number of amides is 5. The molecule has 2 aliphatic rings. The van der Waals surface area contributed by atoms with Crippen molar-refractivity contribution in [1.82, 2.24) is 30.3 Å². The Labute approximate surface area is 306 Å². The van der Waals surface area contributed by atoms with Crippen LogP contribution in [0.3, 0.4) is 0 Å². The zero-order valence-corrected chi connectivity index (χ0v) is 30.6. The number of fused-ring (bicyclic) bond motifs is 4. The molecule has 12 heteroatoms. The van der Waals surface area contributed by atoms with Gasteiger partial charge in [-0.05, 0) is 35.2 Å². The Morgan fingerprint density at radius 1 is 0.846 bits per heavy atom. The van der Waals surface area contributed by atoms with Crippen LogP contribution in [-0.4, -0.2) is 108 Å². The molecule has 0 aliphatic carbocycles. The van der Waals surface area contributed by atoms with Gasteiger partial charge in [0.05, 0.1) is 30.8 Å². The van der Waals surface area contributed by atoms with Gasteiger partial charge in [-0.2, -0.15) is 0 Å².